The van der Waals surface area contributed by atoms with Crippen LogP contribution < -0.4 is 20.4 Å². The van der Waals surface area contributed by atoms with Gasteiger partial charge in [-0.1, -0.05) is 13.0 Å². The second kappa shape index (κ2) is 9.98. The third kappa shape index (κ3) is 4.60. The molecule has 1 aromatic carbocycles. The van der Waals surface area contributed by atoms with Crippen LogP contribution in [0.15, 0.2) is 48.7 Å². The van der Waals surface area contributed by atoms with Crippen molar-refractivity contribution in [2.75, 3.05) is 54.6 Å². The fraction of sp³-hybridized carbons (Fsp3) is 0.516. The maximum atomic E-state index is 6.38. The molecule has 3 aromatic rings. The Morgan fingerprint density at radius 2 is 1.85 bits per heavy atom. The van der Waals surface area contributed by atoms with Gasteiger partial charge in [0.2, 0.25) is 5.95 Å². The number of pyridine rings is 1. The van der Waals surface area contributed by atoms with Gasteiger partial charge in [0.25, 0.3) is 0 Å². The first-order valence-corrected chi connectivity index (χ1v) is 14.6. The monoisotopic (exact) mass is 541 g/mol. The summed E-state index contributed by atoms with van der Waals surface area (Å²) in [5, 5.41) is 7.05. The van der Waals surface area contributed by atoms with Crippen molar-refractivity contribution < 1.29 is 9.47 Å². The summed E-state index contributed by atoms with van der Waals surface area (Å²) in [6.45, 7) is 11.7. The van der Waals surface area contributed by atoms with Gasteiger partial charge in [0.05, 0.1) is 37.2 Å². The third-order valence-corrected chi connectivity index (χ3v) is 9.03. The van der Waals surface area contributed by atoms with Crippen LogP contribution in [0.3, 0.4) is 0 Å². The van der Waals surface area contributed by atoms with E-state index in [0.29, 0.717) is 18.6 Å². The van der Waals surface area contributed by atoms with Crippen LogP contribution in [0.25, 0.3) is 0 Å². The average Bonchev–Trinajstić information content (AvgIpc) is 3.59. The number of anilines is 5. The number of morpholine rings is 1. The molecule has 0 radical (unpaired) electrons. The highest BCUT2D eigenvalue weighted by atomic mass is 16.5. The number of fused-ring (bicyclic) bond motifs is 3. The van der Waals surface area contributed by atoms with E-state index >= 15 is 0 Å². The molecule has 3 fully saturated rings. The lowest BCUT2D eigenvalue weighted by Crippen LogP contribution is -2.54. The average molecular weight is 542 g/mol. The van der Waals surface area contributed by atoms with E-state index in [1.54, 1.807) is 0 Å². The van der Waals surface area contributed by atoms with Crippen molar-refractivity contribution in [3.05, 3.63) is 59.9 Å². The van der Waals surface area contributed by atoms with Crippen LogP contribution in [-0.2, 0) is 14.9 Å². The molecule has 6 heterocycles. The summed E-state index contributed by atoms with van der Waals surface area (Å²) < 4.78 is 11.9. The summed E-state index contributed by atoms with van der Waals surface area (Å²) in [7, 11) is 0. The quantitative estimate of drug-likeness (QED) is 0.471. The number of nitrogens with zero attached hydrogens (tertiary/aromatic N) is 5. The zero-order chi connectivity index (χ0) is 27.3. The molecule has 4 aliphatic heterocycles. The van der Waals surface area contributed by atoms with Gasteiger partial charge >= 0.3 is 0 Å². The van der Waals surface area contributed by atoms with Crippen molar-refractivity contribution in [3.63, 3.8) is 0 Å². The minimum atomic E-state index is -0.230. The smallest absolute Gasteiger partial charge is 0.229 e. The van der Waals surface area contributed by atoms with E-state index in [9.17, 15) is 0 Å². The summed E-state index contributed by atoms with van der Waals surface area (Å²) in [5.74, 6) is 2.44. The van der Waals surface area contributed by atoms with Gasteiger partial charge in [0.1, 0.15) is 11.6 Å². The lowest BCUT2D eigenvalue weighted by molar-refractivity contribution is -0.0893. The van der Waals surface area contributed by atoms with E-state index in [4.69, 9.17) is 24.4 Å². The number of ether oxygens (including phenoxy) is 2. The topological polar surface area (TPSA) is 87.7 Å². The van der Waals surface area contributed by atoms with E-state index in [0.717, 1.165) is 74.3 Å². The summed E-state index contributed by atoms with van der Waals surface area (Å²) in [6, 6.07) is 15.4. The van der Waals surface area contributed by atoms with Gasteiger partial charge in [-0.05, 0) is 76.1 Å². The van der Waals surface area contributed by atoms with Gasteiger partial charge in [-0.3, -0.25) is 0 Å². The normalized spacial score (nSPS) is 27.4. The lowest BCUT2D eigenvalue weighted by Gasteiger charge is -2.46. The largest absolute Gasteiger partial charge is 0.378 e. The first-order valence-electron chi connectivity index (χ1n) is 14.6. The molecule has 3 saturated heterocycles. The number of nitrogens with one attached hydrogen (secondary N) is 2. The predicted molar refractivity (Wildman–Crippen MR) is 157 cm³/mol. The second-order valence-corrected chi connectivity index (χ2v) is 12.3. The van der Waals surface area contributed by atoms with Gasteiger partial charge < -0.3 is 29.9 Å². The minimum absolute atomic E-state index is 0.169. The molecule has 2 N–H and O–H groups in total. The Bertz CT molecular complexity index is 1370. The molecular formula is C31H39N7O2. The van der Waals surface area contributed by atoms with Crippen LogP contribution in [0.5, 0.6) is 0 Å². The first-order chi connectivity index (χ1) is 19.4. The van der Waals surface area contributed by atoms with Crippen molar-refractivity contribution in [2.45, 2.75) is 63.1 Å². The maximum Gasteiger partial charge on any atom is 0.229 e. The number of benzene rings is 1. The Balaban J connectivity index is 1.22. The molecule has 40 heavy (non-hydrogen) atoms. The fourth-order valence-corrected chi connectivity index (χ4v) is 6.67. The number of aromatic nitrogens is 3. The molecule has 9 nitrogen and oxygen atoms in total. The molecule has 210 valence electrons. The Morgan fingerprint density at radius 1 is 1.02 bits per heavy atom. The molecule has 9 heteroatoms. The summed E-state index contributed by atoms with van der Waals surface area (Å²) in [4.78, 5) is 19.8. The van der Waals surface area contributed by atoms with Gasteiger partial charge in [0.15, 0.2) is 0 Å². The van der Waals surface area contributed by atoms with Gasteiger partial charge in [-0.25, -0.2) is 9.97 Å². The van der Waals surface area contributed by atoms with Crippen LogP contribution in [0.4, 0.5) is 29.0 Å². The van der Waals surface area contributed by atoms with Crippen LogP contribution in [0.1, 0.15) is 57.3 Å². The molecule has 2 aromatic heterocycles. The summed E-state index contributed by atoms with van der Waals surface area (Å²) in [6.07, 6.45) is 5.17. The Labute approximate surface area is 236 Å². The van der Waals surface area contributed by atoms with Crippen molar-refractivity contribution >= 4 is 29.0 Å². The van der Waals surface area contributed by atoms with E-state index in [-0.39, 0.29) is 17.1 Å². The molecule has 7 rings (SSSR count). The van der Waals surface area contributed by atoms with Crippen molar-refractivity contribution in [2.24, 2.45) is 0 Å². The van der Waals surface area contributed by atoms with Gasteiger partial charge in [0, 0.05) is 47.7 Å². The molecule has 1 unspecified atom stereocenters. The maximum absolute atomic E-state index is 6.38. The second-order valence-electron chi connectivity index (χ2n) is 12.3. The highest BCUT2D eigenvalue weighted by Gasteiger charge is 2.55. The summed E-state index contributed by atoms with van der Waals surface area (Å²) >= 11 is 0. The fourth-order valence-electron chi connectivity index (χ4n) is 6.67. The molecule has 0 saturated carbocycles. The van der Waals surface area contributed by atoms with E-state index in [1.807, 2.05) is 6.20 Å². The molecule has 0 bridgehead atoms. The van der Waals surface area contributed by atoms with Crippen molar-refractivity contribution in [3.8, 4) is 0 Å². The standard InChI is InChI=1S/C31H39N7O2/c1-30(2)18-26-31(3,20-40-30)23-19-33-29(34-21-9-11-22(12-10-21)37-14-16-39-17-15-37)36-28(23)38(26)27-8-4-6-25(35-27)24-7-5-13-32-24/h4,6,8-12,19,24,26,32H,5,7,13-18,20H2,1-3H3,(H,33,34,36)/t24?,26-,31-/m0/s1. The molecule has 0 spiro atoms. The Hall–Kier alpha value is -3.27. The Kier molecular flexibility index (Phi) is 6.40. The van der Waals surface area contributed by atoms with E-state index in [2.05, 4.69) is 83.7 Å². The zero-order valence-electron chi connectivity index (χ0n) is 23.7. The molecule has 4 aliphatic rings. The van der Waals surface area contributed by atoms with Crippen LogP contribution in [-0.4, -0.2) is 66.0 Å². The molecule has 3 atom stereocenters. The minimum Gasteiger partial charge on any atom is -0.378 e. The van der Waals surface area contributed by atoms with Crippen LogP contribution in [0, 0.1) is 0 Å². The zero-order valence-corrected chi connectivity index (χ0v) is 23.7. The van der Waals surface area contributed by atoms with Crippen LogP contribution in [0.2, 0.25) is 0 Å². The van der Waals surface area contributed by atoms with Crippen molar-refractivity contribution in [1.29, 1.82) is 0 Å². The van der Waals surface area contributed by atoms with Crippen molar-refractivity contribution in [1.82, 2.24) is 20.3 Å². The Morgan fingerprint density at radius 3 is 2.62 bits per heavy atom. The lowest BCUT2D eigenvalue weighted by atomic mass is 9.73. The molecule has 0 aliphatic carbocycles. The highest BCUT2D eigenvalue weighted by molar-refractivity contribution is 5.71. The third-order valence-electron chi connectivity index (χ3n) is 9.03. The SMILES string of the molecule is CC1(C)C[C@@H]2N(c3cccc(C4CCCN4)n3)c3nc(Nc4ccc(N5CCOCC5)cc4)ncc3[C@]2(C)CO1. The van der Waals surface area contributed by atoms with Gasteiger partial charge in [-0.15, -0.1) is 0 Å². The molecular weight excluding hydrogens is 502 g/mol. The molecule has 0 amide bonds. The van der Waals surface area contributed by atoms with E-state index in [1.165, 1.54) is 12.1 Å². The number of hydrogen-bond acceptors (Lipinski definition) is 9. The first kappa shape index (κ1) is 25.7. The van der Waals surface area contributed by atoms with Crippen LogP contribution >= 0.6 is 0 Å². The summed E-state index contributed by atoms with van der Waals surface area (Å²) in [5.41, 5.74) is 3.93. The highest BCUT2D eigenvalue weighted by Crippen LogP contribution is 2.53. The number of rotatable bonds is 5. The number of hydrogen-bond donors (Lipinski definition) is 2. The predicted octanol–water partition coefficient (Wildman–Crippen LogP) is 4.85. The van der Waals surface area contributed by atoms with E-state index < -0.39 is 0 Å². The van der Waals surface area contributed by atoms with Gasteiger partial charge in [-0.2, -0.15) is 4.98 Å².